The molecule has 0 bridgehead atoms. The van der Waals surface area contributed by atoms with Crippen molar-refractivity contribution in [3.05, 3.63) is 98.8 Å². The summed E-state index contributed by atoms with van der Waals surface area (Å²) < 4.78 is 4.66. The number of amides is 1. The maximum atomic E-state index is 13.2. The molecule has 9 heteroatoms. The first-order valence-corrected chi connectivity index (χ1v) is 12.0. The summed E-state index contributed by atoms with van der Waals surface area (Å²) in [4.78, 5) is 44.1. The molecule has 1 N–H and O–H groups in total. The second kappa shape index (κ2) is 9.19. The molecule has 0 saturated carbocycles. The van der Waals surface area contributed by atoms with Gasteiger partial charge in [-0.1, -0.05) is 48.5 Å². The summed E-state index contributed by atoms with van der Waals surface area (Å²) in [6, 6.07) is 18.9. The topological polar surface area (TPSA) is 90.9 Å². The Kier molecular flexibility index (Phi) is 5.92. The van der Waals surface area contributed by atoms with Crippen LogP contribution < -0.4 is 16.4 Å². The summed E-state index contributed by atoms with van der Waals surface area (Å²) in [5, 5.41) is 5.22. The van der Waals surface area contributed by atoms with Crippen LogP contribution in [0.25, 0.3) is 27.0 Å². The Morgan fingerprint density at radius 2 is 1.69 bits per heavy atom. The number of hydrogen-bond donors (Lipinski definition) is 1. The number of benzene rings is 2. The molecule has 5 rings (SSSR count). The number of carbonyl (C=O) groups excluding carboxylic acids is 1. The molecule has 0 atom stereocenters. The zero-order chi connectivity index (χ0) is 24.5. The first kappa shape index (κ1) is 22.5. The Hall–Kier alpha value is -4.24. The number of carbonyl (C=O) groups is 1. The molecule has 176 valence electrons. The van der Waals surface area contributed by atoms with Crippen LogP contribution in [0.4, 0.5) is 5.69 Å². The van der Waals surface area contributed by atoms with E-state index in [0.717, 1.165) is 11.1 Å². The molecule has 0 saturated heterocycles. The maximum Gasteiger partial charge on any atom is 0.295 e. The SMILES string of the molecule is Cc1c(NC(=O)CCn2cnc3scc(-c4ccccc4)c3c2=O)c(=O)n(-c2ccccc2)n1C. The van der Waals surface area contributed by atoms with Gasteiger partial charge in [0.1, 0.15) is 10.5 Å². The van der Waals surface area contributed by atoms with Gasteiger partial charge in [0.2, 0.25) is 5.91 Å². The monoisotopic (exact) mass is 485 g/mol. The number of aromatic nitrogens is 4. The maximum absolute atomic E-state index is 13.2. The molecule has 8 nitrogen and oxygen atoms in total. The normalized spacial score (nSPS) is 11.1. The number of fused-ring (bicyclic) bond motifs is 1. The van der Waals surface area contributed by atoms with Gasteiger partial charge in [-0.05, 0) is 24.6 Å². The number of nitrogens with one attached hydrogen (secondary N) is 1. The summed E-state index contributed by atoms with van der Waals surface area (Å²) in [7, 11) is 1.77. The van der Waals surface area contributed by atoms with Crippen molar-refractivity contribution >= 4 is 33.1 Å². The van der Waals surface area contributed by atoms with Gasteiger partial charge < -0.3 is 5.32 Å². The molecule has 0 aliphatic rings. The Morgan fingerprint density at radius 1 is 1.00 bits per heavy atom. The minimum atomic E-state index is -0.350. The predicted molar refractivity (Wildman–Crippen MR) is 138 cm³/mol. The fourth-order valence-corrected chi connectivity index (χ4v) is 5.00. The van der Waals surface area contributed by atoms with Crippen molar-refractivity contribution < 1.29 is 4.79 Å². The lowest BCUT2D eigenvalue weighted by atomic mass is 10.1. The molecule has 2 aromatic carbocycles. The summed E-state index contributed by atoms with van der Waals surface area (Å²) in [6.07, 6.45) is 1.50. The van der Waals surface area contributed by atoms with Crippen LogP contribution in [0, 0.1) is 6.92 Å². The van der Waals surface area contributed by atoms with Crippen molar-refractivity contribution in [3.8, 4) is 16.8 Å². The van der Waals surface area contributed by atoms with E-state index >= 15 is 0 Å². The van der Waals surface area contributed by atoms with Gasteiger partial charge in [-0.25, -0.2) is 9.67 Å². The summed E-state index contributed by atoms with van der Waals surface area (Å²) in [6.45, 7) is 1.93. The number of hydrogen-bond acceptors (Lipinski definition) is 5. The van der Waals surface area contributed by atoms with Gasteiger partial charge in [-0.2, -0.15) is 0 Å². The van der Waals surface area contributed by atoms with Crippen molar-refractivity contribution in [3.63, 3.8) is 0 Å². The lowest BCUT2D eigenvalue weighted by molar-refractivity contribution is -0.116. The molecular formula is C26H23N5O3S. The Bertz CT molecular complexity index is 1650. The third-order valence-corrected chi connectivity index (χ3v) is 6.93. The van der Waals surface area contributed by atoms with E-state index in [2.05, 4.69) is 10.3 Å². The molecule has 35 heavy (non-hydrogen) atoms. The quantitative estimate of drug-likeness (QED) is 0.394. The van der Waals surface area contributed by atoms with Crippen molar-refractivity contribution in [2.24, 2.45) is 7.05 Å². The van der Waals surface area contributed by atoms with Crippen molar-refractivity contribution in [1.82, 2.24) is 18.9 Å². The standard InChI is InChI=1S/C26H23N5O3S/c1-17-23(26(34)31(29(17)2)19-11-7-4-8-12-19)28-21(32)13-14-30-16-27-24-22(25(30)33)20(15-35-24)18-9-5-3-6-10-18/h3-12,15-16H,13-14H2,1-2H3,(H,28,32). The van der Waals surface area contributed by atoms with Gasteiger partial charge >= 0.3 is 0 Å². The zero-order valence-corrected chi connectivity index (χ0v) is 20.1. The van der Waals surface area contributed by atoms with Crippen molar-refractivity contribution in [2.45, 2.75) is 19.9 Å². The molecule has 3 aromatic heterocycles. The van der Waals surface area contributed by atoms with E-state index in [4.69, 9.17) is 0 Å². The van der Waals surface area contributed by atoms with Crippen molar-refractivity contribution in [2.75, 3.05) is 5.32 Å². The molecule has 1 amide bonds. The highest BCUT2D eigenvalue weighted by Crippen LogP contribution is 2.30. The van der Waals surface area contributed by atoms with Crippen LogP contribution in [-0.2, 0) is 18.4 Å². The Balaban J connectivity index is 1.37. The number of para-hydroxylation sites is 1. The largest absolute Gasteiger partial charge is 0.320 e. The lowest BCUT2D eigenvalue weighted by Gasteiger charge is -2.07. The number of nitrogens with zero attached hydrogens (tertiary/aromatic N) is 4. The van der Waals surface area contributed by atoms with Crippen LogP contribution >= 0.6 is 11.3 Å². The highest BCUT2D eigenvalue weighted by Gasteiger charge is 2.19. The average Bonchev–Trinajstić information content (AvgIpc) is 3.40. The molecule has 0 aliphatic heterocycles. The van der Waals surface area contributed by atoms with E-state index in [9.17, 15) is 14.4 Å². The van der Waals surface area contributed by atoms with E-state index in [0.29, 0.717) is 21.6 Å². The molecular weight excluding hydrogens is 462 g/mol. The highest BCUT2D eigenvalue weighted by molar-refractivity contribution is 7.17. The molecule has 3 heterocycles. The van der Waals surface area contributed by atoms with Crippen LogP contribution in [0.3, 0.4) is 0 Å². The van der Waals surface area contributed by atoms with Gasteiger partial charge in [-0.15, -0.1) is 11.3 Å². The van der Waals surface area contributed by atoms with E-state index in [1.807, 2.05) is 66.0 Å². The third kappa shape index (κ3) is 4.10. The predicted octanol–water partition coefficient (Wildman–Crippen LogP) is 3.95. The van der Waals surface area contributed by atoms with Gasteiger partial charge in [0, 0.05) is 31.0 Å². The number of anilines is 1. The van der Waals surface area contributed by atoms with Gasteiger partial charge in [0.25, 0.3) is 11.1 Å². The van der Waals surface area contributed by atoms with Gasteiger partial charge in [-0.3, -0.25) is 23.6 Å². The Labute approximate surface area is 204 Å². The smallest absolute Gasteiger partial charge is 0.295 e. The van der Waals surface area contributed by atoms with Crippen LogP contribution in [0.1, 0.15) is 12.1 Å². The van der Waals surface area contributed by atoms with Gasteiger partial charge in [0.15, 0.2) is 0 Å². The minimum absolute atomic E-state index is 0.0248. The van der Waals surface area contributed by atoms with E-state index in [-0.39, 0.29) is 35.7 Å². The first-order chi connectivity index (χ1) is 17.0. The molecule has 0 unspecified atom stereocenters. The summed E-state index contributed by atoms with van der Waals surface area (Å²) in [5.74, 6) is -0.350. The first-order valence-electron chi connectivity index (χ1n) is 11.1. The third-order valence-electron chi connectivity index (χ3n) is 6.04. The minimum Gasteiger partial charge on any atom is -0.320 e. The van der Waals surface area contributed by atoms with E-state index < -0.39 is 0 Å². The average molecular weight is 486 g/mol. The molecule has 5 aromatic rings. The van der Waals surface area contributed by atoms with Crippen molar-refractivity contribution in [1.29, 1.82) is 0 Å². The number of thiophene rings is 1. The number of rotatable bonds is 6. The summed E-state index contributed by atoms with van der Waals surface area (Å²) in [5.41, 5.74) is 2.86. The second-order valence-corrected chi connectivity index (χ2v) is 9.03. The lowest BCUT2D eigenvalue weighted by Crippen LogP contribution is -2.25. The van der Waals surface area contributed by atoms with Crippen LogP contribution in [0.15, 0.2) is 82.0 Å². The summed E-state index contributed by atoms with van der Waals surface area (Å²) >= 11 is 1.42. The van der Waals surface area contributed by atoms with Crippen LogP contribution in [-0.4, -0.2) is 24.8 Å². The fraction of sp³-hybridized carbons (Fsp3) is 0.154. The van der Waals surface area contributed by atoms with Gasteiger partial charge in [0.05, 0.1) is 23.1 Å². The van der Waals surface area contributed by atoms with E-state index in [1.54, 1.807) is 18.7 Å². The molecule has 0 radical (unpaired) electrons. The number of aryl methyl sites for hydroxylation is 1. The fourth-order valence-electron chi connectivity index (χ4n) is 4.09. The molecule has 0 spiro atoms. The van der Waals surface area contributed by atoms with E-state index in [1.165, 1.54) is 26.9 Å². The Morgan fingerprint density at radius 3 is 2.40 bits per heavy atom. The highest BCUT2D eigenvalue weighted by atomic mass is 32.1. The molecule has 0 aliphatic carbocycles. The van der Waals surface area contributed by atoms with Crippen LogP contribution in [0.5, 0.6) is 0 Å². The molecule has 0 fully saturated rings. The van der Waals surface area contributed by atoms with Crippen LogP contribution in [0.2, 0.25) is 0 Å². The zero-order valence-electron chi connectivity index (χ0n) is 19.3. The second-order valence-electron chi connectivity index (χ2n) is 8.17.